The molecular weight excluding hydrogens is 716 g/mol. The number of anilines is 2. The largest absolute Gasteiger partial charge is 0.321 e. The molecule has 3 amide bonds. The number of nitrogens with one attached hydrogen (secondary N) is 3. The Labute approximate surface area is 300 Å². The summed E-state index contributed by atoms with van der Waals surface area (Å²) >= 11 is 6.20. The molecule has 10 heteroatoms. The SMILES string of the molecule is O=C(Nc1ccc(SC(C(=O)Nc2nc(-c3ccccc3)cs2)c2ccccc2)cc1)/C(=C/c1ccc(Br)cc1)NC(=O)c1ccccc1. The summed E-state index contributed by atoms with van der Waals surface area (Å²) in [5, 5.41) is 10.5. The third-order valence-corrected chi connectivity index (χ3v) is 9.77. The van der Waals surface area contributed by atoms with Crippen LogP contribution in [0.5, 0.6) is 0 Å². The molecule has 6 aromatic rings. The lowest BCUT2D eigenvalue weighted by Crippen LogP contribution is -2.30. The van der Waals surface area contributed by atoms with Crippen molar-refractivity contribution in [2.24, 2.45) is 0 Å². The van der Waals surface area contributed by atoms with E-state index in [1.165, 1.54) is 23.1 Å². The van der Waals surface area contributed by atoms with E-state index in [4.69, 9.17) is 0 Å². The molecular formula is C39H29BrN4O3S2. The van der Waals surface area contributed by atoms with Crippen molar-refractivity contribution < 1.29 is 14.4 Å². The van der Waals surface area contributed by atoms with Gasteiger partial charge in [-0.15, -0.1) is 23.1 Å². The van der Waals surface area contributed by atoms with Crippen LogP contribution >= 0.6 is 39.0 Å². The zero-order valence-electron chi connectivity index (χ0n) is 25.9. The van der Waals surface area contributed by atoms with Crippen LogP contribution in [0.4, 0.5) is 10.8 Å². The minimum atomic E-state index is -0.556. The Hall–Kier alpha value is -5.29. The number of benzene rings is 5. The second kappa shape index (κ2) is 16.2. The van der Waals surface area contributed by atoms with Crippen molar-refractivity contribution in [2.45, 2.75) is 10.1 Å². The quantitative estimate of drug-likeness (QED) is 0.0907. The molecule has 5 aromatic carbocycles. The monoisotopic (exact) mass is 744 g/mol. The van der Waals surface area contributed by atoms with Crippen LogP contribution in [0.15, 0.2) is 160 Å². The lowest BCUT2D eigenvalue weighted by atomic mass is 10.1. The van der Waals surface area contributed by atoms with Crippen molar-refractivity contribution in [3.63, 3.8) is 0 Å². The van der Waals surface area contributed by atoms with E-state index in [0.717, 1.165) is 31.8 Å². The topological polar surface area (TPSA) is 100 Å². The maximum atomic E-state index is 13.6. The lowest BCUT2D eigenvalue weighted by Gasteiger charge is -2.17. The molecule has 0 aliphatic rings. The standard InChI is InChI=1S/C39H29BrN4O3S2/c40-30-18-16-26(17-19-30)24-33(42-36(45)29-14-8-3-9-15-29)37(46)41-31-20-22-32(23-21-31)49-35(28-12-6-2-7-13-28)38(47)44-39-43-34(25-48-39)27-10-4-1-5-11-27/h1-25,35H,(H,41,46)(H,42,45)(H,43,44,47)/b33-24-. The maximum absolute atomic E-state index is 13.6. The van der Waals surface area contributed by atoms with Gasteiger partial charge >= 0.3 is 0 Å². The van der Waals surface area contributed by atoms with Gasteiger partial charge in [-0.05, 0) is 65.7 Å². The van der Waals surface area contributed by atoms with Crippen LogP contribution in [0, 0.1) is 0 Å². The van der Waals surface area contributed by atoms with E-state index < -0.39 is 17.1 Å². The highest BCUT2D eigenvalue weighted by Gasteiger charge is 2.23. The number of hydrogen-bond acceptors (Lipinski definition) is 6. The first-order valence-electron chi connectivity index (χ1n) is 15.2. The number of carbonyl (C=O) groups excluding carboxylic acids is 3. The van der Waals surface area contributed by atoms with Gasteiger partial charge in [0.25, 0.3) is 11.8 Å². The normalized spacial score (nSPS) is 11.7. The van der Waals surface area contributed by atoms with Crippen LogP contribution < -0.4 is 16.0 Å². The number of aromatic nitrogens is 1. The molecule has 6 rings (SSSR count). The van der Waals surface area contributed by atoms with E-state index >= 15 is 0 Å². The summed E-state index contributed by atoms with van der Waals surface area (Å²) in [4.78, 5) is 45.6. The molecule has 0 fully saturated rings. The van der Waals surface area contributed by atoms with Crippen LogP contribution in [0.25, 0.3) is 17.3 Å². The smallest absolute Gasteiger partial charge is 0.272 e. The van der Waals surface area contributed by atoms with E-state index in [-0.39, 0.29) is 11.6 Å². The Bertz CT molecular complexity index is 2070. The van der Waals surface area contributed by atoms with E-state index in [0.29, 0.717) is 16.4 Å². The van der Waals surface area contributed by atoms with Crippen molar-refractivity contribution in [1.82, 2.24) is 10.3 Å². The van der Waals surface area contributed by atoms with Gasteiger partial charge in [0.15, 0.2) is 5.13 Å². The van der Waals surface area contributed by atoms with Gasteiger partial charge in [0.2, 0.25) is 5.91 Å². The molecule has 1 unspecified atom stereocenters. The third kappa shape index (κ3) is 9.20. The molecule has 0 radical (unpaired) electrons. The molecule has 0 spiro atoms. The van der Waals surface area contributed by atoms with Crippen LogP contribution in [-0.2, 0) is 9.59 Å². The first-order chi connectivity index (χ1) is 23.9. The molecule has 0 aliphatic heterocycles. The van der Waals surface area contributed by atoms with E-state index in [1.807, 2.05) is 109 Å². The van der Waals surface area contributed by atoms with Crippen LogP contribution in [0.3, 0.4) is 0 Å². The summed E-state index contributed by atoms with van der Waals surface area (Å²) in [5.74, 6) is -1.07. The molecule has 3 N–H and O–H groups in total. The molecule has 49 heavy (non-hydrogen) atoms. The minimum absolute atomic E-state index is 0.0908. The summed E-state index contributed by atoms with van der Waals surface area (Å²) in [7, 11) is 0. The number of carbonyl (C=O) groups is 3. The fourth-order valence-electron chi connectivity index (χ4n) is 4.76. The summed E-state index contributed by atoms with van der Waals surface area (Å²) < 4.78 is 0.898. The van der Waals surface area contributed by atoms with Gasteiger partial charge in [-0.3, -0.25) is 14.4 Å². The van der Waals surface area contributed by atoms with E-state index in [2.05, 4.69) is 36.9 Å². The minimum Gasteiger partial charge on any atom is -0.321 e. The Kier molecular flexibility index (Phi) is 11.1. The third-order valence-electron chi connectivity index (χ3n) is 7.22. The molecule has 0 bridgehead atoms. The number of rotatable bonds is 11. The van der Waals surface area contributed by atoms with Crippen molar-refractivity contribution in [3.05, 3.63) is 172 Å². The maximum Gasteiger partial charge on any atom is 0.272 e. The lowest BCUT2D eigenvalue weighted by molar-refractivity contribution is -0.116. The number of halogens is 1. The average Bonchev–Trinajstić information content (AvgIpc) is 3.61. The first kappa shape index (κ1) is 33.6. The van der Waals surface area contributed by atoms with Gasteiger partial charge in [0, 0.05) is 31.6 Å². The van der Waals surface area contributed by atoms with Crippen LogP contribution in [-0.4, -0.2) is 22.7 Å². The second-order valence-corrected chi connectivity index (χ2v) is 13.7. The Morgan fingerprint density at radius 2 is 1.37 bits per heavy atom. The predicted molar refractivity (Wildman–Crippen MR) is 202 cm³/mol. The summed E-state index contributed by atoms with van der Waals surface area (Å²) in [6.07, 6.45) is 1.63. The number of nitrogens with zero attached hydrogens (tertiary/aromatic N) is 1. The number of hydrogen-bond donors (Lipinski definition) is 3. The molecule has 1 aromatic heterocycles. The Balaban J connectivity index is 1.17. The van der Waals surface area contributed by atoms with Gasteiger partial charge in [0.05, 0.1) is 5.69 Å². The van der Waals surface area contributed by atoms with Gasteiger partial charge in [0.1, 0.15) is 10.9 Å². The molecule has 1 heterocycles. The van der Waals surface area contributed by atoms with Crippen LogP contribution in [0.1, 0.15) is 26.7 Å². The number of thiazole rings is 1. The van der Waals surface area contributed by atoms with Crippen molar-refractivity contribution in [3.8, 4) is 11.3 Å². The number of amides is 3. The van der Waals surface area contributed by atoms with Crippen molar-refractivity contribution >= 4 is 73.6 Å². The zero-order chi connectivity index (χ0) is 34.0. The molecule has 0 aliphatic carbocycles. The molecule has 7 nitrogen and oxygen atoms in total. The molecule has 0 saturated heterocycles. The average molecular weight is 746 g/mol. The highest BCUT2D eigenvalue weighted by molar-refractivity contribution is 9.10. The van der Waals surface area contributed by atoms with Crippen molar-refractivity contribution in [1.29, 1.82) is 0 Å². The van der Waals surface area contributed by atoms with Crippen LogP contribution in [0.2, 0.25) is 0 Å². The first-order valence-corrected chi connectivity index (χ1v) is 17.7. The van der Waals surface area contributed by atoms with E-state index in [9.17, 15) is 14.4 Å². The second-order valence-electron chi connectivity index (χ2n) is 10.7. The summed E-state index contributed by atoms with van der Waals surface area (Å²) in [6, 6.07) is 42.7. The Morgan fingerprint density at radius 1 is 0.735 bits per heavy atom. The predicted octanol–water partition coefficient (Wildman–Crippen LogP) is 9.45. The van der Waals surface area contributed by atoms with Gasteiger partial charge in [-0.1, -0.05) is 107 Å². The van der Waals surface area contributed by atoms with Crippen molar-refractivity contribution in [2.75, 3.05) is 10.6 Å². The molecule has 1 atom stereocenters. The Morgan fingerprint density at radius 3 is 2.04 bits per heavy atom. The molecule has 242 valence electrons. The van der Waals surface area contributed by atoms with Gasteiger partial charge < -0.3 is 16.0 Å². The fraction of sp³-hybridized carbons (Fsp3) is 0.0256. The highest BCUT2D eigenvalue weighted by Crippen LogP contribution is 2.37. The number of thioether (sulfide) groups is 1. The highest BCUT2D eigenvalue weighted by atomic mass is 79.9. The molecule has 0 saturated carbocycles. The zero-order valence-corrected chi connectivity index (χ0v) is 29.1. The fourth-order valence-corrected chi connectivity index (χ4v) is 6.78. The van der Waals surface area contributed by atoms with E-state index in [1.54, 1.807) is 42.5 Å². The van der Waals surface area contributed by atoms with Gasteiger partial charge in [-0.2, -0.15) is 0 Å². The van der Waals surface area contributed by atoms with Gasteiger partial charge in [-0.25, -0.2) is 4.98 Å². The summed E-state index contributed by atoms with van der Waals surface area (Å²) in [5.41, 5.74) is 4.43. The summed E-state index contributed by atoms with van der Waals surface area (Å²) in [6.45, 7) is 0.